The standard InChI is InChI=1S/C40H53N5O9S/c1-24(2)22-53-32(46)19-26-11-9-7-6-8-10-12-27-20-40(27,37(49)44-55(50,51)38(4)17-18-38)43-35(47)30-21-39(23-45(30)36(26)48)16-15-28-33-29(13-14-31(42-33)52-5)41-25(3)34(28)54-39/h10,12-14,24,26-27,30H,6-9,11,15-23H2,1-5H3,(H,43,47)(H,44,49)/b12-10-/t26-,27-,30+,39-,40-/m1/s1. The average Bonchev–Trinajstić information content (AvgIpc) is 4.04. The van der Waals surface area contributed by atoms with Gasteiger partial charge in [0.25, 0.3) is 5.91 Å². The summed E-state index contributed by atoms with van der Waals surface area (Å²) in [6.07, 6.45) is 9.46. The number of aromatic nitrogens is 2. The van der Waals surface area contributed by atoms with Crippen LogP contribution in [0.15, 0.2) is 24.3 Å². The molecule has 55 heavy (non-hydrogen) atoms. The third-order valence-corrected chi connectivity index (χ3v) is 14.3. The summed E-state index contributed by atoms with van der Waals surface area (Å²) in [6.45, 7) is 7.64. The third kappa shape index (κ3) is 7.65. The molecule has 5 atom stereocenters. The summed E-state index contributed by atoms with van der Waals surface area (Å²) in [5.41, 5.74) is 0.389. The molecule has 5 aliphatic rings. The summed E-state index contributed by atoms with van der Waals surface area (Å²) >= 11 is 0. The number of esters is 1. The Morgan fingerprint density at radius 2 is 1.89 bits per heavy atom. The number of pyridine rings is 2. The molecule has 14 nitrogen and oxygen atoms in total. The van der Waals surface area contributed by atoms with Crippen molar-refractivity contribution in [1.82, 2.24) is 24.9 Å². The van der Waals surface area contributed by atoms with Crippen LogP contribution in [0.3, 0.4) is 0 Å². The maximum atomic E-state index is 14.8. The van der Waals surface area contributed by atoms with Crippen molar-refractivity contribution < 1.29 is 41.8 Å². The lowest BCUT2D eigenvalue weighted by molar-refractivity contribution is -0.151. The fourth-order valence-corrected chi connectivity index (χ4v) is 9.61. The Bertz CT molecular complexity index is 2030. The second kappa shape index (κ2) is 14.7. The molecule has 0 bridgehead atoms. The molecule has 15 heteroatoms. The lowest BCUT2D eigenvalue weighted by Crippen LogP contribution is -2.57. The summed E-state index contributed by atoms with van der Waals surface area (Å²) in [7, 11) is -2.43. The van der Waals surface area contributed by atoms with Crippen molar-refractivity contribution in [3.05, 3.63) is 35.5 Å². The van der Waals surface area contributed by atoms with Crippen LogP contribution in [-0.2, 0) is 40.4 Å². The van der Waals surface area contributed by atoms with Crippen molar-refractivity contribution in [3.8, 4) is 11.6 Å². The summed E-state index contributed by atoms with van der Waals surface area (Å²) in [5, 5.41) is 2.96. The lowest BCUT2D eigenvalue weighted by atomic mass is 9.88. The van der Waals surface area contributed by atoms with Gasteiger partial charge in [0.05, 0.1) is 48.2 Å². The predicted molar refractivity (Wildman–Crippen MR) is 202 cm³/mol. The molecule has 2 N–H and O–H groups in total. The van der Waals surface area contributed by atoms with Crippen molar-refractivity contribution in [2.75, 3.05) is 20.3 Å². The number of sulfonamides is 1. The minimum absolute atomic E-state index is 0.0686. The van der Waals surface area contributed by atoms with Crippen LogP contribution < -0.4 is 19.5 Å². The molecule has 1 spiro atoms. The number of methoxy groups -OCH3 is 1. The van der Waals surface area contributed by atoms with Gasteiger partial charge in [0.1, 0.15) is 22.9 Å². The molecule has 2 aromatic heterocycles. The number of nitrogens with zero attached hydrogens (tertiary/aromatic N) is 3. The van der Waals surface area contributed by atoms with Crippen LogP contribution in [0.1, 0.15) is 103 Å². The molecule has 5 heterocycles. The van der Waals surface area contributed by atoms with Gasteiger partial charge >= 0.3 is 5.97 Å². The predicted octanol–water partition coefficient (Wildman–Crippen LogP) is 4.21. The first-order valence-corrected chi connectivity index (χ1v) is 21.1. The summed E-state index contributed by atoms with van der Waals surface area (Å²) < 4.78 is 45.4. The smallest absolute Gasteiger partial charge is 0.306 e. The zero-order valence-electron chi connectivity index (χ0n) is 32.4. The van der Waals surface area contributed by atoms with Gasteiger partial charge in [-0.05, 0) is 77.2 Å². The van der Waals surface area contributed by atoms with Crippen LogP contribution in [-0.4, -0.2) is 89.2 Å². The minimum Gasteiger partial charge on any atom is -0.483 e. The van der Waals surface area contributed by atoms with Crippen LogP contribution in [0.4, 0.5) is 0 Å². The second-order valence-corrected chi connectivity index (χ2v) is 19.1. The van der Waals surface area contributed by atoms with Gasteiger partial charge in [0, 0.05) is 29.9 Å². The highest BCUT2D eigenvalue weighted by Crippen LogP contribution is 2.49. The Morgan fingerprint density at radius 1 is 1.11 bits per heavy atom. The molecule has 2 aliphatic carbocycles. The van der Waals surface area contributed by atoms with Crippen molar-refractivity contribution in [2.24, 2.45) is 17.8 Å². The van der Waals surface area contributed by atoms with E-state index in [2.05, 4.69) is 15.0 Å². The van der Waals surface area contributed by atoms with Gasteiger partial charge in [-0.3, -0.25) is 23.9 Å². The number of aryl methyl sites for hydroxylation is 2. The van der Waals surface area contributed by atoms with Gasteiger partial charge < -0.3 is 24.4 Å². The van der Waals surface area contributed by atoms with Gasteiger partial charge in [-0.25, -0.2) is 18.4 Å². The highest BCUT2D eigenvalue weighted by atomic mass is 32.2. The van der Waals surface area contributed by atoms with E-state index in [4.69, 9.17) is 19.2 Å². The summed E-state index contributed by atoms with van der Waals surface area (Å²) in [5.74, 6) is -2.20. The number of ether oxygens (including phenoxy) is 3. The van der Waals surface area contributed by atoms with E-state index >= 15 is 0 Å². The Hall–Kier alpha value is -4.27. The first-order chi connectivity index (χ1) is 26.1. The average molecular weight is 780 g/mol. The highest BCUT2D eigenvalue weighted by molar-refractivity contribution is 7.91. The van der Waals surface area contributed by atoms with Crippen LogP contribution in [0, 0.1) is 24.7 Å². The number of nitrogens with one attached hydrogen (secondary N) is 2. The number of carbonyl (C=O) groups excluding carboxylic acids is 4. The monoisotopic (exact) mass is 779 g/mol. The quantitative estimate of drug-likeness (QED) is 0.289. The minimum atomic E-state index is -3.98. The van der Waals surface area contributed by atoms with Gasteiger partial charge in [0.2, 0.25) is 27.7 Å². The molecule has 3 amide bonds. The van der Waals surface area contributed by atoms with E-state index in [1.165, 1.54) is 4.90 Å². The number of hydrogen-bond donors (Lipinski definition) is 2. The van der Waals surface area contributed by atoms with Crippen LogP contribution >= 0.6 is 0 Å². The Morgan fingerprint density at radius 3 is 2.62 bits per heavy atom. The van der Waals surface area contributed by atoms with E-state index in [9.17, 15) is 27.6 Å². The van der Waals surface area contributed by atoms with Gasteiger partial charge in [0.15, 0.2) is 0 Å². The van der Waals surface area contributed by atoms with Crippen molar-refractivity contribution in [2.45, 2.75) is 127 Å². The Labute approximate surface area is 322 Å². The zero-order chi connectivity index (χ0) is 39.3. The number of hydrogen-bond acceptors (Lipinski definition) is 11. The zero-order valence-corrected chi connectivity index (χ0v) is 33.3. The van der Waals surface area contributed by atoms with E-state index in [0.29, 0.717) is 66.9 Å². The molecular formula is C40H53N5O9S. The molecule has 2 aromatic rings. The number of carbonyl (C=O) groups is 4. The Kier molecular flexibility index (Phi) is 10.4. The molecule has 1 saturated heterocycles. The SMILES string of the molecule is COc1ccc2nc(C)c3c(c2n1)CC[C@]1(C[C@H]2C(=O)N[C@]4(C(=O)NS(=O)(=O)C5(C)CC5)C[C@H]4/C=C\CCCCC[C@H](CC(=O)OCC(C)C)C(=O)N2C1)O3. The molecule has 3 aliphatic heterocycles. The molecule has 0 aromatic carbocycles. The van der Waals surface area contributed by atoms with Crippen LogP contribution in [0.5, 0.6) is 11.6 Å². The third-order valence-electron chi connectivity index (χ3n) is 12.1. The molecule has 298 valence electrons. The highest BCUT2D eigenvalue weighted by Gasteiger charge is 2.64. The van der Waals surface area contributed by atoms with E-state index in [0.717, 1.165) is 24.8 Å². The second-order valence-electron chi connectivity index (χ2n) is 16.9. The molecule has 7 rings (SSSR count). The largest absolute Gasteiger partial charge is 0.483 e. The molecule has 0 unspecified atom stereocenters. The first kappa shape index (κ1) is 39.0. The normalized spacial score (nSPS) is 29.5. The summed E-state index contributed by atoms with van der Waals surface area (Å²) in [6, 6.07) is 2.54. The van der Waals surface area contributed by atoms with E-state index in [-0.39, 0.29) is 44.2 Å². The van der Waals surface area contributed by atoms with Gasteiger partial charge in [-0.2, -0.15) is 0 Å². The fraction of sp³-hybridized carbons (Fsp3) is 0.650. The fourth-order valence-electron chi connectivity index (χ4n) is 8.30. The maximum absolute atomic E-state index is 14.8. The topological polar surface area (TPSA) is 183 Å². The number of rotatable bonds is 8. The van der Waals surface area contributed by atoms with Crippen LogP contribution in [0.2, 0.25) is 0 Å². The van der Waals surface area contributed by atoms with Crippen molar-refractivity contribution >= 4 is 44.7 Å². The maximum Gasteiger partial charge on any atom is 0.306 e. The van der Waals surface area contributed by atoms with E-state index in [1.807, 2.05) is 39.0 Å². The number of fused-ring (bicyclic) bond motifs is 5. The molecule has 2 saturated carbocycles. The van der Waals surface area contributed by atoms with Crippen molar-refractivity contribution in [1.29, 1.82) is 0 Å². The number of allylic oxidation sites excluding steroid dienone is 1. The van der Waals surface area contributed by atoms with Crippen LogP contribution in [0.25, 0.3) is 11.0 Å². The Balaban J connectivity index is 1.23. The number of amides is 3. The molecular weight excluding hydrogens is 727 g/mol. The lowest BCUT2D eigenvalue weighted by Gasteiger charge is -2.36. The van der Waals surface area contributed by atoms with E-state index in [1.54, 1.807) is 20.1 Å². The van der Waals surface area contributed by atoms with Gasteiger partial charge in [-0.1, -0.05) is 38.8 Å². The first-order valence-electron chi connectivity index (χ1n) is 19.6. The van der Waals surface area contributed by atoms with E-state index < -0.39 is 61.6 Å². The van der Waals surface area contributed by atoms with Gasteiger partial charge in [-0.15, -0.1) is 0 Å². The molecule has 0 radical (unpaired) electrons. The summed E-state index contributed by atoms with van der Waals surface area (Å²) in [4.78, 5) is 67.4. The molecule has 3 fully saturated rings. The van der Waals surface area contributed by atoms with Crippen molar-refractivity contribution in [3.63, 3.8) is 0 Å².